The quantitative estimate of drug-likeness (QED) is 0.622. The van der Waals surface area contributed by atoms with Crippen molar-refractivity contribution in [1.82, 2.24) is 10.2 Å². The zero-order valence-corrected chi connectivity index (χ0v) is 8.96. The van der Waals surface area contributed by atoms with E-state index in [-0.39, 0.29) is 5.91 Å². The largest absolute Gasteiger partial charge is 0.354 e. The molecule has 4 nitrogen and oxygen atoms in total. The molecule has 4 heteroatoms. The Hall–Kier alpha value is -0.610. The van der Waals surface area contributed by atoms with Crippen LogP contribution in [0.5, 0.6) is 0 Å². The average Bonchev–Trinajstić information content (AvgIpc) is 2.08. The van der Waals surface area contributed by atoms with Crippen LogP contribution in [0.15, 0.2) is 0 Å². The minimum atomic E-state index is 0.0808. The molecule has 0 aromatic carbocycles. The number of carbonyl (C=O) groups excluding carboxylic acids is 1. The molecule has 1 fully saturated rings. The molecule has 0 saturated heterocycles. The van der Waals surface area contributed by atoms with E-state index in [4.69, 9.17) is 5.73 Å². The van der Waals surface area contributed by atoms with Crippen LogP contribution in [0.3, 0.4) is 0 Å². The smallest absolute Gasteiger partial charge is 0.234 e. The van der Waals surface area contributed by atoms with Crippen LogP contribution in [-0.2, 0) is 4.79 Å². The Morgan fingerprint density at radius 3 is 2.79 bits per heavy atom. The Bertz CT molecular complexity index is 180. The standard InChI is InChI=1S/C10H21N3O/c1-13(7-9-3-2-4-9)8-10(14)12-6-5-11/h9H,2-8,11H2,1H3,(H,12,14). The van der Waals surface area contributed by atoms with Gasteiger partial charge in [-0.25, -0.2) is 0 Å². The van der Waals surface area contributed by atoms with E-state index in [0.29, 0.717) is 19.6 Å². The lowest BCUT2D eigenvalue weighted by atomic mass is 9.85. The molecule has 1 saturated carbocycles. The highest BCUT2D eigenvalue weighted by Gasteiger charge is 2.19. The molecule has 3 N–H and O–H groups in total. The van der Waals surface area contributed by atoms with Crippen molar-refractivity contribution in [3.05, 3.63) is 0 Å². The van der Waals surface area contributed by atoms with Gasteiger partial charge in [-0.3, -0.25) is 9.69 Å². The van der Waals surface area contributed by atoms with E-state index in [0.717, 1.165) is 12.5 Å². The maximum absolute atomic E-state index is 11.3. The molecule has 0 radical (unpaired) electrons. The van der Waals surface area contributed by atoms with E-state index in [1.807, 2.05) is 7.05 Å². The van der Waals surface area contributed by atoms with Crippen molar-refractivity contribution in [2.24, 2.45) is 11.7 Å². The number of hydrogen-bond acceptors (Lipinski definition) is 3. The number of amides is 1. The summed E-state index contributed by atoms with van der Waals surface area (Å²) in [6.45, 7) is 2.64. The van der Waals surface area contributed by atoms with E-state index in [1.54, 1.807) is 0 Å². The van der Waals surface area contributed by atoms with E-state index in [9.17, 15) is 4.79 Å². The Balaban J connectivity index is 2.05. The zero-order valence-electron chi connectivity index (χ0n) is 8.96. The van der Waals surface area contributed by atoms with Gasteiger partial charge in [-0.1, -0.05) is 6.42 Å². The molecule has 82 valence electrons. The summed E-state index contributed by atoms with van der Waals surface area (Å²) in [5.41, 5.74) is 5.29. The third kappa shape index (κ3) is 4.07. The highest BCUT2D eigenvalue weighted by Crippen LogP contribution is 2.26. The fourth-order valence-corrected chi connectivity index (χ4v) is 1.69. The molecule has 1 rings (SSSR count). The molecule has 1 aliphatic carbocycles. The summed E-state index contributed by atoms with van der Waals surface area (Å²) in [7, 11) is 2.00. The highest BCUT2D eigenvalue weighted by atomic mass is 16.2. The summed E-state index contributed by atoms with van der Waals surface area (Å²) in [5.74, 6) is 0.902. The van der Waals surface area contributed by atoms with Gasteiger partial charge in [0.1, 0.15) is 0 Å². The average molecular weight is 199 g/mol. The molecule has 1 amide bonds. The minimum absolute atomic E-state index is 0.0808. The van der Waals surface area contributed by atoms with E-state index < -0.39 is 0 Å². The van der Waals surface area contributed by atoms with Crippen LogP contribution in [0.25, 0.3) is 0 Å². The molecule has 0 heterocycles. The van der Waals surface area contributed by atoms with Crippen LogP contribution in [0.4, 0.5) is 0 Å². The topological polar surface area (TPSA) is 58.4 Å². The van der Waals surface area contributed by atoms with E-state index in [2.05, 4.69) is 10.2 Å². The second-order valence-corrected chi connectivity index (χ2v) is 4.13. The third-order valence-corrected chi connectivity index (χ3v) is 2.67. The molecule has 0 aromatic heterocycles. The first kappa shape index (κ1) is 11.5. The number of carbonyl (C=O) groups is 1. The molecule has 1 aliphatic rings. The van der Waals surface area contributed by atoms with Gasteiger partial charge < -0.3 is 11.1 Å². The first-order chi connectivity index (χ1) is 6.72. The van der Waals surface area contributed by atoms with Crippen LogP contribution >= 0.6 is 0 Å². The van der Waals surface area contributed by atoms with Crippen LogP contribution in [0.2, 0.25) is 0 Å². The Morgan fingerprint density at radius 1 is 1.57 bits per heavy atom. The van der Waals surface area contributed by atoms with E-state index in [1.165, 1.54) is 19.3 Å². The van der Waals surface area contributed by atoms with Gasteiger partial charge in [0, 0.05) is 19.6 Å². The molecule has 0 aliphatic heterocycles. The Labute approximate surface area is 85.8 Å². The number of nitrogens with one attached hydrogen (secondary N) is 1. The molecular formula is C10H21N3O. The summed E-state index contributed by atoms with van der Waals surface area (Å²) >= 11 is 0. The first-order valence-corrected chi connectivity index (χ1v) is 5.37. The Morgan fingerprint density at radius 2 is 2.29 bits per heavy atom. The van der Waals surface area contributed by atoms with Crippen molar-refractivity contribution in [2.75, 3.05) is 33.2 Å². The van der Waals surface area contributed by atoms with Gasteiger partial charge in [0.05, 0.1) is 6.54 Å². The normalized spacial score (nSPS) is 16.8. The molecule has 0 atom stereocenters. The van der Waals surface area contributed by atoms with Crippen molar-refractivity contribution in [1.29, 1.82) is 0 Å². The van der Waals surface area contributed by atoms with Gasteiger partial charge in [0.2, 0.25) is 5.91 Å². The molecule has 14 heavy (non-hydrogen) atoms. The summed E-state index contributed by atoms with van der Waals surface area (Å²) in [6.07, 6.45) is 4.02. The molecule has 0 bridgehead atoms. The molecule has 0 aromatic rings. The van der Waals surface area contributed by atoms with Crippen LogP contribution in [-0.4, -0.2) is 44.0 Å². The van der Waals surface area contributed by atoms with Gasteiger partial charge in [-0.15, -0.1) is 0 Å². The lowest BCUT2D eigenvalue weighted by Gasteiger charge is -2.29. The number of hydrogen-bond donors (Lipinski definition) is 2. The minimum Gasteiger partial charge on any atom is -0.354 e. The van der Waals surface area contributed by atoms with Crippen molar-refractivity contribution < 1.29 is 4.79 Å². The summed E-state index contributed by atoms with van der Waals surface area (Å²) in [5, 5.41) is 2.77. The van der Waals surface area contributed by atoms with Crippen molar-refractivity contribution in [2.45, 2.75) is 19.3 Å². The predicted molar refractivity (Wildman–Crippen MR) is 56.9 cm³/mol. The van der Waals surface area contributed by atoms with E-state index >= 15 is 0 Å². The molecule has 0 unspecified atom stereocenters. The highest BCUT2D eigenvalue weighted by molar-refractivity contribution is 5.77. The fraction of sp³-hybridized carbons (Fsp3) is 0.900. The zero-order chi connectivity index (χ0) is 10.4. The SMILES string of the molecule is CN(CC(=O)NCCN)CC1CCC1. The number of nitrogens with zero attached hydrogens (tertiary/aromatic N) is 1. The monoisotopic (exact) mass is 199 g/mol. The fourth-order valence-electron chi connectivity index (χ4n) is 1.69. The predicted octanol–water partition coefficient (Wildman–Crippen LogP) is -0.207. The van der Waals surface area contributed by atoms with Crippen LogP contribution in [0.1, 0.15) is 19.3 Å². The summed E-state index contributed by atoms with van der Waals surface area (Å²) in [6, 6.07) is 0. The first-order valence-electron chi connectivity index (χ1n) is 5.37. The van der Waals surface area contributed by atoms with Crippen molar-refractivity contribution in [3.63, 3.8) is 0 Å². The van der Waals surface area contributed by atoms with Crippen molar-refractivity contribution >= 4 is 5.91 Å². The van der Waals surface area contributed by atoms with Gasteiger partial charge >= 0.3 is 0 Å². The second-order valence-electron chi connectivity index (χ2n) is 4.13. The molecular weight excluding hydrogens is 178 g/mol. The Kier molecular flexibility index (Phi) is 4.90. The van der Waals surface area contributed by atoms with Gasteiger partial charge in [-0.05, 0) is 25.8 Å². The summed E-state index contributed by atoms with van der Waals surface area (Å²) < 4.78 is 0. The van der Waals surface area contributed by atoms with Gasteiger partial charge in [0.15, 0.2) is 0 Å². The van der Waals surface area contributed by atoms with Gasteiger partial charge in [-0.2, -0.15) is 0 Å². The second kappa shape index (κ2) is 5.98. The number of likely N-dealkylation sites (N-methyl/N-ethyl adjacent to an activating group) is 1. The molecule has 0 spiro atoms. The van der Waals surface area contributed by atoms with Crippen molar-refractivity contribution in [3.8, 4) is 0 Å². The summed E-state index contributed by atoms with van der Waals surface area (Å²) in [4.78, 5) is 13.4. The maximum atomic E-state index is 11.3. The van der Waals surface area contributed by atoms with Crippen LogP contribution < -0.4 is 11.1 Å². The van der Waals surface area contributed by atoms with Crippen LogP contribution in [0, 0.1) is 5.92 Å². The lowest BCUT2D eigenvalue weighted by molar-refractivity contribution is -0.122. The maximum Gasteiger partial charge on any atom is 0.234 e. The number of rotatable bonds is 6. The third-order valence-electron chi connectivity index (χ3n) is 2.67. The van der Waals surface area contributed by atoms with Gasteiger partial charge in [0.25, 0.3) is 0 Å². The lowest BCUT2D eigenvalue weighted by Crippen LogP contribution is -2.40. The number of nitrogens with two attached hydrogens (primary N) is 1.